The zero-order valence-electron chi connectivity index (χ0n) is 15.9. The number of nitrogens with one attached hydrogen (secondary N) is 1. The second-order valence-electron chi connectivity index (χ2n) is 6.74. The predicted octanol–water partition coefficient (Wildman–Crippen LogP) is 2.77. The van der Waals surface area contributed by atoms with Crippen molar-refractivity contribution in [2.75, 3.05) is 32.1 Å². The molecule has 0 aliphatic heterocycles. The van der Waals surface area contributed by atoms with E-state index in [1.807, 2.05) is 7.05 Å². The number of anilines is 1. The molecule has 0 unspecified atom stereocenters. The van der Waals surface area contributed by atoms with E-state index in [4.69, 9.17) is 10.8 Å². The third kappa shape index (κ3) is 10.2. The third-order valence-electron chi connectivity index (χ3n) is 4.38. The van der Waals surface area contributed by atoms with Crippen LogP contribution in [0.15, 0.2) is 24.3 Å². The summed E-state index contributed by atoms with van der Waals surface area (Å²) >= 11 is 0. The smallest absolute Gasteiger partial charge is 0.248 e. The zero-order chi connectivity index (χ0) is 19.2. The first-order chi connectivity index (χ1) is 12.5. The number of amides is 2. The van der Waals surface area contributed by atoms with Crippen molar-refractivity contribution in [2.45, 2.75) is 51.4 Å². The Kier molecular flexibility index (Phi) is 11.3. The van der Waals surface area contributed by atoms with E-state index in [0.29, 0.717) is 17.7 Å². The Bertz CT molecular complexity index is 532. The van der Waals surface area contributed by atoms with E-state index in [1.165, 1.54) is 25.7 Å². The fraction of sp³-hybridized carbons (Fsp3) is 0.600. The van der Waals surface area contributed by atoms with Gasteiger partial charge in [-0.1, -0.05) is 32.1 Å². The highest BCUT2D eigenvalue weighted by atomic mass is 16.3. The number of carbonyl (C=O) groups excluding carboxylic acids is 2. The van der Waals surface area contributed by atoms with Crippen LogP contribution in [0.2, 0.25) is 0 Å². The molecule has 4 N–H and O–H groups in total. The van der Waals surface area contributed by atoms with Gasteiger partial charge in [-0.3, -0.25) is 9.59 Å². The summed E-state index contributed by atoms with van der Waals surface area (Å²) < 4.78 is 0. The summed E-state index contributed by atoms with van der Waals surface area (Å²) in [5, 5.41) is 11.7. The Hall–Kier alpha value is -1.92. The maximum absolute atomic E-state index is 11.9. The van der Waals surface area contributed by atoms with Crippen molar-refractivity contribution < 1.29 is 14.7 Å². The van der Waals surface area contributed by atoms with Crippen LogP contribution in [0, 0.1) is 0 Å². The molecule has 1 aromatic carbocycles. The number of unbranched alkanes of at least 4 members (excludes halogenated alkanes) is 6. The van der Waals surface area contributed by atoms with Crippen molar-refractivity contribution in [1.82, 2.24) is 4.90 Å². The highest BCUT2D eigenvalue weighted by Crippen LogP contribution is 2.12. The Labute approximate surface area is 156 Å². The summed E-state index contributed by atoms with van der Waals surface area (Å²) in [6, 6.07) is 6.60. The second-order valence-corrected chi connectivity index (χ2v) is 6.74. The molecule has 2 amide bonds. The number of aliphatic hydroxyl groups excluding tert-OH is 1. The number of aliphatic hydroxyl groups is 1. The van der Waals surface area contributed by atoms with Crippen LogP contribution in [-0.4, -0.2) is 48.6 Å². The van der Waals surface area contributed by atoms with Gasteiger partial charge >= 0.3 is 0 Å². The molecule has 0 bridgehead atoms. The largest absolute Gasteiger partial charge is 0.395 e. The number of nitrogens with zero attached hydrogens (tertiary/aromatic N) is 1. The Balaban J connectivity index is 2.00. The van der Waals surface area contributed by atoms with Gasteiger partial charge in [0.25, 0.3) is 0 Å². The average molecular weight is 364 g/mol. The molecule has 0 aromatic heterocycles. The number of nitrogens with two attached hydrogens (primary N) is 1. The van der Waals surface area contributed by atoms with Gasteiger partial charge in [-0.2, -0.15) is 0 Å². The van der Waals surface area contributed by atoms with Gasteiger partial charge in [0.2, 0.25) is 11.8 Å². The monoisotopic (exact) mass is 363 g/mol. The number of likely N-dealkylation sites (N-methyl/N-ethyl adjacent to an activating group) is 1. The lowest BCUT2D eigenvalue weighted by Gasteiger charge is -2.14. The molecular weight excluding hydrogens is 330 g/mol. The Morgan fingerprint density at radius 3 is 2.12 bits per heavy atom. The quantitative estimate of drug-likeness (QED) is 0.443. The van der Waals surface area contributed by atoms with Crippen LogP contribution in [0.25, 0.3) is 0 Å². The van der Waals surface area contributed by atoms with Crippen LogP contribution in [0.5, 0.6) is 0 Å². The molecule has 1 aromatic rings. The maximum atomic E-state index is 11.9. The molecule has 0 heterocycles. The number of carbonyl (C=O) groups is 2. The summed E-state index contributed by atoms with van der Waals surface area (Å²) in [5.41, 5.74) is 6.31. The summed E-state index contributed by atoms with van der Waals surface area (Å²) in [4.78, 5) is 25.1. The number of benzene rings is 1. The molecule has 0 saturated carbocycles. The number of hydrogen-bond acceptors (Lipinski definition) is 4. The van der Waals surface area contributed by atoms with Crippen LogP contribution in [0.4, 0.5) is 5.69 Å². The van der Waals surface area contributed by atoms with E-state index in [9.17, 15) is 9.59 Å². The zero-order valence-corrected chi connectivity index (χ0v) is 15.9. The van der Waals surface area contributed by atoms with E-state index in [2.05, 4.69) is 10.2 Å². The van der Waals surface area contributed by atoms with Gasteiger partial charge in [-0.25, -0.2) is 0 Å². The van der Waals surface area contributed by atoms with Gasteiger partial charge < -0.3 is 21.1 Å². The summed E-state index contributed by atoms with van der Waals surface area (Å²) in [5.74, 6) is -0.469. The molecule has 26 heavy (non-hydrogen) atoms. The molecule has 1 rings (SSSR count). The fourth-order valence-electron chi connectivity index (χ4n) is 2.77. The molecule has 6 nitrogen and oxygen atoms in total. The van der Waals surface area contributed by atoms with Crippen molar-refractivity contribution in [3.63, 3.8) is 0 Å². The van der Waals surface area contributed by atoms with Crippen LogP contribution in [0.1, 0.15) is 61.7 Å². The van der Waals surface area contributed by atoms with E-state index < -0.39 is 5.91 Å². The first kappa shape index (κ1) is 22.1. The molecule has 146 valence electrons. The maximum Gasteiger partial charge on any atom is 0.248 e. The standard InChI is InChI=1S/C20H33N3O3/c1-23(15-16-24)14-8-6-4-2-3-5-7-9-19(25)22-18-12-10-17(11-13-18)20(21)26/h10-13,24H,2-9,14-16H2,1H3,(H2,21,26)(H,22,25). The van der Waals surface area contributed by atoms with Gasteiger partial charge in [0.15, 0.2) is 0 Å². The van der Waals surface area contributed by atoms with E-state index in [-0.39, 0.29) is 12.5 Å². The minimum absolute atomic E-state index is 0.00347. The Morgan fingerprint density at radius 2 is 1.54 bits per heavy atom. The lowest BCUT2D eigenvalue weighted by atomic mass is 10.1. The van der Waals surface area contributed by atoms with E-state index in [0.717, 1.165) is 32.4 Å². The van der Waals surface area contributed by atoms with Gasteiger partial charge in [-0.05, 0) is 50.7 Å². The molecule has 0 radical (unpaired) electrons. The predicted molar refractivity (Wildman–Crippen MR) is 105 cm³/mol. The molecule has 6 heteroatoms. The minimum atomic E-state index is -0.472. The summed E-state index contributed by atoms with van der Waals surface area (Å²) in [6.07, 6.45) is 8.47. The van der Waals surface area contributed by atoms with Crippen molar-refractivity contribution in [1.29, 1.82) is 0 Å². The lowest BCUT2D eigenvalue weighted by Crippen LogP contribution is -2.23. The molecule has 0 saturated heterocycles. The fourth-order valence-corrected chi connectivity index (χ4v) is 2.77. The van der Waals surface area contributed by atoms with Crippen molar-refractivity contribution in [3.8, 4) is 0 Å². The van der Waals surface area contributed by atoms with Crippen molar-refractivity contribution in [2.24, 2.45) is 5.73 Å². The summed E-state index contributed by atoms with van der Waals surface area (Å²) in [6.45, 7) is 2.02. The number of primary amides is 1. The van der Waals surface area contributed by atoms with Crippen LogP contribution in [0.3, 0.4) is 0 Å². The molecular formula is C20H33N3O3. The molecule has 0 aliphatic rings. The molecule has 0 aliphatic carbocycles. The summed E-state index contributed by atoms with van der Waals surface area (Å²) in [7, 11) is 2.04. The SMILES string of the molecule is CN(CCO)CCCCCCCCCC(=O)Nc1ccc(C(N)=O)cc1. The first-order valence-corrected chi connectivity index (χ1v) is 9.52. The van der Waals surface area contributed by atoms with Crippen LogP contribution >= 0.6 is 0 Å². The minimum Gasteiger partial charge on any atom is -0.395 e. The van der Waals surface area contributed by atoms with E-state index >= 15 is 0 Å². The van der Waals surface area contributed by atoms with Gasteiger partial charge in [0.05, 0.1) is 6.61 Å². The number of rotatable bonds is 14. The molecule has 0 atom stereocenters. The highest BCUT2D eigenvalue weighted by molar-refractivity contribution is 5.94. The third-order valence-corrected chi connectivity index (χ3v) is 4.38. The highest BCUT2D eigenvalue weighted by Gasteiger charge is 2.04. The van der Waals surface area contributed by atoms with Crippen LogP contribution in [-0.2, 0) is 4.79 Å². The normalized spacial score (nSPS) is 10.9. The number of hydrogen-bond donors (Lipinski definition) is 3. The topological polar surface area (TPSA) is 95.7 Å². The second kappa shape index (κ2) is 13.3. The van der Waals surface area contributed by atoms with Crippen molar-refractivity contribution in [3.05, 3.63) is 29.8 Å². The molecule has 0 spiro atoms. The van der Waals surface area contributed by atoms with Crippen LogP contribution < -0.4 is 11.1 Å². The Morgan fingerprint density at radius 1 is 0.962 bits per heavy atom. The first-order valence-electron chi connectivity index (χ1n) is 9.52. The van der Waals surface area contributed by atoms with Gasteiger partial charge in [0, 0.05) is 24.2 Å². The van der Waals surface area contributed by atoms with Gasteiger partial charge in [0.1, 0.15) is 0 Å². The molecule has 0 fully saturated rings. The average Bonchev–Trinajstić information content (AvgIpc) is 2.61. The lowest BCUT2D eigenvalue weighted by molar-refractivity contribution is -0.116. The van der Waals surface area contributed by atoms with E-state index in [1.54, 1.807) is 24.3 Å². The van der Waals surface area contributed by atoms with Gasteiger partial charge in [-0.15, -0.1) is 0 Å². The van der Waals surface area contributed by atoms with Crippen molar-refractivity contribution >= 4 is 17.5 Å².